The van der Waals surface area contributed by atoms with Crippen LogP contribution in [0.2, 0.25) is 0 Å². The molecule has 0 saturated carbocycles. The highest BCUT2D eigenvalue weighted by Gasteiger charge is 2.24. The summed E-state index contributed by atoms with van der Waals surface area (Å²) in [5.74, 6) is 1.13. The summed E-state index contributed by atoms with van der Waals surface area (Å²) in [7, 11) is 0. The van der Waals surface area contributed by atoms with E-state index in [4.69, 9.17) is 0 Å². The zero-order valence-corrected chi connectivity index (χ0v) is 14.4. The summed E-state index contributed by atoms with van der Waals surface area (Å²) in [6.45, 7) is 13.6. The molecule has 0 aliphatic rings. The lowest BCUT2D eigenvalue weighted by Crippen LogP contribution is -2.10. The normalized spacial score (nSPS) is 11.8. The van der Waals surface area contributed by atoms with Crippen LogP contribution in [0.15, 0.2) is 12.4 Å². The van der Waals surface area contributed by atoms with Crippen molar-refractivity contribution in [3.05, 3.63) is 46.0 Å². The van der Waals surface area contributed by atoms with Crippen molar-refractivity contribution < 1.29 is 0 Å². The molecule has 0 radical (unpaired) electrons. The molecular formula is C19H30N2. The van der Waals surface area contributed by atoms with Crippen LogP contribution in [-0.2, 0) is 12.8 Å². The third-order valence-corrected chi connectivity index (χ3v) is 4.60. The topological polar surface area (TPSA) is 31.6 Å². The molecule has 2 heteroatoms. The second-order valence-corrected chi connectivity index (χ2v) is 6.62. The van der Waals surface area contributed by atoms with Gasteiger partial charge in [0.15, 0.2) is 0 Å². The number of hydrogen-bond acceptors (Lipinski definition) is 0. The van der Waals surface area contributed by atoms with Gasteiger partial charge in [0.2, 0.25) is 0 Å². The van der Waals surface area contributed by atoms with E-state index in [9.17, 15) is 0 Å². The molecule has 21 heavy (non-hydrogen) atoms. The fraction of sp³-hybridized carbons (Fsp3) is 0.579. The summed E-state index contributed by atoms with van der Waals surface area (Å²) in [6, 6.07) is 0. The number of nitrogens with one attached hydrogen (secondary N) is 2. The van der Waals surface area contributed by atoms with Gasteiger partial charge in [0.25, 0.3) is 0 Å². The van der Waals surface area contributed by atoms with Gasteiger partial charge in [-0.25, -0.2) is 0 Å². The summed E-state index contributed by atoms with van der Waals surface area (Å²) < 4.78 is 0. The smallest absolute Gasteiger partial charge is 0.0400 e. The molecule has 0 fully saturated rings. The van der Waals surface area contributed by atoms with Crippen molar-refractivity contribution >= 4 is 0 Å². The third-order valence-electron chi connectivity index (χ3n) is 4.60. The van der Waals surface area contributed by atoms with E-state index in [0.717, 1.165) is 12.8 Å². The molecule has 0 unspecified atom stereocenters. The summed E-state index contributed by atoms with van der Waals surface area (Å²) in [6.07, 6.45) is 7.71. The van der Waals surface area contributed by atoms with E-state index in [1.54, 1.807) is 0 Å². The summed E-state index contributed by atoms with van der Waals surface area (Å²) in [5.41, 5.74) is 8.61. The zero-order valence-electron chi connectivity index (χ0n) is 14.4. The monoisotopic (exact) mass is 286 g/mol. The molecule has 0 bridgehead atoms. The lowest BCUT2D eigenvalue weighted by atomic mass is 9.86. The Morgan fingerprint density at radius 2 is 1.29 bits per heavy atom. The van der Waals surface area contributed by atoms with Gasteiger partial charge in [-0.15, -0.1) is 0 Å². The van der Waals surface area contributed by atoms with Crippen LogP contribution in [0.1, 0.15) is 73.7 Å². The maximum Gasteiger partial charge on any atom is 0.0400 e. The number of aromatic nitrogens is 2. The Labute approximate surface area is 129 Å². The van der Waals surface area contributed by atoms with Crippen LogP contribution in [0.5, 0.6) is 0 Å². The number of aryl methyl sites for hydroxylation is 2. The van der Waals surface area contributed by atoms with Crippen LogP contribution in [0, 0.1) is 19.8 Å². The molecule has 2 aromatic rings. The van der Waals surface area contributed by atoms with E-state index in [1.807, 2.05) is 0 Å². The molecule has 0 atom stereocenters. The van der Waals surface area contributed by atoms with Crippen molar-refractivity contribution in [1.82, 2.24) is 9.97 Å². The number of aromatic amines is 2. The predicted molar refractivity (Wildman–Crippen MR) is 91.1 cm³/mol. The number of hydrogen-bond donors (Lipinski definition) is 2. The molecule has 116 valence electrons. The average molecular weight is 286 g/mol. The predicted octanol–water partition coefficient (Wildman–Crippen LogP) is 5.26. The third kappa shape index (κ3) is 3.09. The first kappa shape index (κ1) is 15.9. The van der Waals surface area contributed by atoms with Crippen molar-refractivity contribution in [2.75, 3.05) is 0 Å². The molecule has 0 aliphatic heterocycles. The Bertz CT molecular complexity index is 538. The second-order valence-electron chi connectivity index (χ2n) is 6.62. The van der Waals surface area contributed by atoms with E-state index in [-0.39, 0.29) is 0 Å². The van der Waals surface area contributed by atoms with E-state index in [2.05, 4.69) is 63.9 Å². The molecule has 2 nitrogen and oxygen atoms in total. The van der Waals surface area contributed by atoms with Crippen molar-refractivity contribution in [1.29, 1.82) is 0 Å². The molecule has 0 aromatic carbocycles. The Hall–Kier alpha value is -1.44. The summed E-state index contributed by atoms with van der Waals surface area (Å²) >= 11 is 0. The van der Waals surface area contributed by atoms with Crippen LogP contribution >= 0.6 is 0 Å². The van der Waals surface area contributed by atoms with Crippen LogP contribution < -0.4 is 0 Å². The second kappa shape index (κ2) is 6.55. The minimum absolute atomic E-state index is 0.456. The van der Waals surface area contributed by atoms with E-state index in [1.165, 1.54) is 40.1 Å². The Morgan fingerprint density at radius 3 is 1.62 bits per heavy atom. The van der Waals surface area contributed by atoms with E-state index >= 15 is 0 Å². The van der Waals surface area contributed by atoms with Crippen molar-refractivity contribution in [3.8, 4) is 0 Å². The Kier molecular flexibility index (Phi) is 4.97. The van der Waals surface area contributed by atoms with Gasteiger partial charge in [0, 0.05) is 29.7 Å². The standard InChI is InChI=1S/C19H30N2/c1-7-15-13(5)10-20-18(15)17(9-12(3)4)19-16(8-2)14(6)11-21-19/h10-12,17,20-21H,7-9H2,1-6H3. The van der Waals surface area contributed by atoms with Crippen molar-refractivity contribution in [2.45, 2.75) is 66.7 Å². The van der Waals surface area contributed by atoms with E-state index in [0.29, 0.717) is 11.8 Å². The lowest BCUT2D eigenvalue weighted by Gasteiger charge is -2.21. The summed E-state index contributed by atoms with van der Waals surface area (Å²) in [5, 5.41) is 0. The molecular weight excluding hydrogens is 256 g/mol. The molecule has 0 spiro atoms. The van der Waals surface area contributed by atoms with Gasteiger partial charge >= 0.3 is 0 Å². The quantitative estimate of drug-likeness (QED) is 0.725. The minimum Gasteiger partial charge on any atom is -0.364 e. The fourth-order valence-electron chi connectivity index (χ4n) is 3.56. The molecule has 2 heterocycles. The van der Waals surface area contributed by atoms with Gasteiger partial charge in [-0.1, -0.05) is 27.7 Å². The van der Waals surface area contributed by atoms with Crippen molar-refractivity contribution in [2.24, 2.45) is 5.92 Å². The van der Waals surface area contributed by atoms with Crippen LogP contribution in [0.25, 0.3) is 0 Å². The first-order valence-electron chi connectivity index (χ1n) is 8.32. The molecule has 2 aromatic heterocycles. The molecule has 0 aliphatic carbocycles. The van der Waals surface area contributed by atoms with Crippen LogP contribution in [0.3, 0.4) is 0 Å². The first-order valence-corrected chi connectivity index (χ1v) is 8.32. The number of H-pyrrole nitrogens is 2. The SMILES string of the molecule is CCc1c(C)c[nH]c1C(CC(C)C)c1[nH]cc(C)c1CC. The Balaban J connectivity index is 2.52. The number of rotatable bonds is 6. The fourth-order valence-corrected chi connectivity index (χ4v) is 3.56. The molecule has 0 amide bonds. The zero-order chi connectivity index (χ0) is 15.6. The highest BCUT2D eigenvalue weighted by Crippen LogP contribution is 2.35. The van der Waals surface area contributed by atoms with Gasteiger partial charge in [-0.2, -0.15) is 0 Å². The van der Waals surface area contributed by atoms with Crippen LogP contribution in [-0.4, -0.2) is 9.97 Å². The van der Waals surface area contributed by atoms with E-state index < -0.39 is 0 Å². The van der Waals surface area contributed by atoms with Gasteiger partial charge < -0.3 is 9.97 Å². The van der Waals surface area contributed by atoms with Gasteiger partial charge in [-0.3, -0.25) is 0 Å². The molecule has 2 rings (SSSR count). The highest BCUT2D eigenvalue weighted by molar-refractivity contribution is 5.41. The van der Waals surface area contributed by atoms with Gasteiger partial charge in [0.1, 0.15) is 0 Å². The minimum atomic E-state index is 0.456. The lowest BCUT2D eigenvalue weighted by molar-refractivity contribution is 0.526. The maximum absolute atomic E-state index is 3.57. The average Bonchev–Trinajstić information content (AvgIpc) is 2.98. The maximum atomic E-state index is 3.57. The Morgan fingerprint density at radius 1 is 0.857 bits per heavy atom. The molecule has 0 saturated heterocycles. The summed E-state index contributed by atoms with van der Waals surface area (Å²) in [4.78, 5) is 7.14. The highest BCUT2D eigenvalue weighted by atomic mass is 14.8. The first-order chi connectivity index (χ1) is 9.99. The van der Waals surface area contributed by atoms with Gasteiger partial charge in [-0.05, 0) is 61.3 Å². The van der Waals surface area contributed by atoms with Crippen LogP contribution in [0.4, 0.5) is 0 Å². The van der Waals surface area contributed by atoms with Crippen molar-refractivity contribution in [3.63, 3.8) is 0 Å². The van der Waals surface area contributed by atoms with Gasteiger partial charge in [0.05, 0.1) is 0 Å². The largest absolute Gasteiger partial charge is 0.364 e. The molecule has 2 N–H and O–H groups in total.